The normalized spacial score (nSPS) is 11.3. The fourth-order valence-corrected chi connectivity index (χ4v) is 1.73. The first-order valence-electron chi connectivity index (χ1n) is 7.33. The van der Waals surface area contributed by atoms with Gasteiger partial charge >= 0.3 is 0 Å². The first-order chi connectivity index (χ1) is 10.2. The number of aliphatic imine (C=N–C) groups is 1. The van der Waals surface area contributed by atoms with Crippen molar-refractivity contribution in [2.24, 2.45) is 4.99 Å². The van der Waals surface area contributed by atoms with Gasteiger partial charge in [-0.1, -0.05) is 6.07 Å². The van der Waals surface area contributed by atoms with Gasteiger partial charge in [0.15, 0.2) is 5.96 Å². The molecule has 0 atom stereocenters. The van der Waals surface area contributed by atoms with Crippen molar-refractivity contribution in [3.8, 4) is 0 Å². The minimum Gasteiger partial charge on any atom is -0.382 e. The second-order valence-electron chi connectivity index (χ2n) is 4.78. The summed E-state index contributed by atoms with van der Waals surface area (Å²) in [6.45, 7) is 5.02. The van der Waals surface area contributed by atoms with Crippen LogP contribution in [0.2, 0.25) is 0 Å². The third-order valence-electron chi connectivity index (χ3n) is 2.87. The molecule has 0 amide bonds. The number of nitrogens with one attached hydrogen (secondary N) is 2. The SMILES string of the molecule is CCOCCCNC(=NC)NCc1cccc(N(C)C)n1. The van der Waals surface area contributed by atoms with Crippen LogP contribution in [0.15, 0.2) is 23.2 Å². The van der Waals surface area contributed by atoms with E-state index < -0.39 is 0 Å². The summed E-state index contributed by atoms with van der Waals surface area (Å²) in [5, 5.41) is 6.52. The van der Waals surface area contributed by atoms with Crippen LogP contribution in [0.3, 0.4) is 0 Å². The number of nitrogens with zero attached hydrogens (tertiary/aromatic N) is 3. The van der Waals surface area contributed by atoms with Gasteiger partial charge in [0.1, 0.15) is 5.82 Å². The maximum absolute atomic E-state index is 5.30. The molecule has 0 aliphatic heterocycles. The Balaban J connectivity index is 2.36. The standard InChI is InChI=1S/C15H27N5O/c1-5-21-11-7-10-17-15(16-2)18-12-13-8-6-9-14(19-13)20(3)4/h6,8-9H,5,7,10-12H2,1-4H3,(H2,16,17,18). The van der Waals surface area contributed by atoms with Crippen molar-refractivity contribution in [1.82, 2.24) is 15.6 Å². The second kappa shape index (κ2) is 9.99. The third kappa shape index (κ3) is 6.94. The molecule has 0 aliphatic rings. The van der Waals surface area contributed by atoms with E-state index in [9.17, 15) is 0 Å². The Bertz CT molecular complexity index is 434. The fraction of sp³-hybridized carbons (Fsp3) is 0.600. The molecule has 0 radical (unpaired) electrons. The van der Waals surface area contributed by atoms with Gasteiger partial charge in [0, 0.05) is 40.9 Å². The molecular formula is C15H27N5O. The lowest BCUT2D eigenvalue weighted by molar-refractivity contribution is 0.145. The number of pyridine rings is 1. The summed E-state index contributed by atoms with van der Waals surface area (Å²) >= 11 is 0. The van der Waals surface area contributed by atoms with Crippen molar-refractivity contribution in [2.75, 3.05) is 45.8 Å². The van der Waals surface area contributed by atoms with Crippen molar-refractivity contribution >= 4 is 11.8 Å². The molecular weight excluding hydrogens is 266 g/mol. The Morgan fingerprint density at radius 1 is 1.33 bits per heavy atom. The van der Waals surface area contributed by atoms with E-state index in [1.807, 2.05) is 44.1 Å². The topological polar surface area (TPSA) is 61.8 Å². The molecule has 0 saturated heterocycles. The van der Waals surface area contributed by atoms with Crippen molar-refractivity contribution in [2.45, 2.75) is 19.9 Å². The zero-order valence-corrected chi connectivity index (χ0v) is 13.5. The third-order valence-corrected chi connectivity index (χ3v) is 2.87. The molecule has 1 heterocycles. The van der Waals surface area contributed by atoms with E-state index in [4.69, 9.17) is 4.74 Å². The van der Waals surface area contributed by atoms with Crippen LogP contribution in [-0.2, 0) is 11.3 Å². The molecule has 0 aromatic carbocycles. The van der Waals surface area contributed by atoms with Crippen molar-refractivity contribution in [3.05, 3.63) is 23.9 Å². The molecule has 0 fully saturated rings. The van der Waals surface area contributed by atoms with Gasteiger partial charge in [-0.2, -0.15) is 0 Å². The van der Waals surface area contributed by atoms with Gasteiger partial charge in [-0.3, -0.25) is 4.99 Å². The van der Waals surface area contributed by atoms with Gasteiger partial charge in [0.25, 0.3) is 0 Å². The molecule has 21 heavy (non-hydrogen) atoms. The van der Waals surface area contributed by atoms with E-state index in [2.05, 4.69) is 20.6 Å². The van der Waals surface area contributed by atoms with E-state index in [1.165, 1.54) is 0 Å². The van der Waals surface area contributed by atoms with Crippen molar-refractivity contribution in [1.29, 1.82) is 0 Å². The Labute approximate surface area is 127 Å². The van der Waals surface area contributed by atoms with Crippen LogP contribution < -0.4 is 15.5 Å². The second-order valence-corrected chi connectivity index (χ2v) is 4.78. The molecule has 2 N–H and O–H groups in total. The smallest absolute Gasteiger partial charge is 0.191 e. The van der Waals surface area contributed by atoms with Crippen LogP contribution >= 0.6 is 0 Å². The van der Waals surface area contributed by atoms with Crippen LogP contribution in [-0.4, -0.2) is 51.8 Å². The summed E-state index contributed by atoms with van der Waals surface area (Å²) in [4.78, 5) is 10.7. The molecule has 0 aliphatic carbocycles. The molecule has 0 unspecified atom stereocenters. The number of rotatable bonds is 8. The molecule has 6 nitrogen and oxygen atoms in total. The van der Waals surface area contributed by atoms with Gasteiger partial charge in [-0.15, -0.1) is 0 Å². The summed E-state index contributed by atoms with van der Waals surface area (Å²) in [6.07, 6.45) is 0.961. The minimum atomic E-state index is 0.646. The molecule has 0 saturated carbocycles. The molecule has 1 aromatic heterocycles. The van der Waals surface area contributed by atoms with Gasteiger partial charge < -0.3 is 20.3 Å². The van der Waals surface area contributed by atoms with Crippen LogP contribution in [0.4, 0.5) is 5.82 Å². The van der Waals surface area contributed by atoms with Crippen molar-refractivity contribution < 1.29 is 4.74 Å². The lowest BCUT2D eigenvalue weighted by Crippen LogP contribution is -2.37. The highest BCUT2D eigenvalue weighted by molar-refractivity contribution is 5.79. The maximum atomic E-state index is 5.30. The summed E-state index contributed by atoms with van der Waals surface area (Å²) in [5.74, 6) is 1.73. The summed E-state index contributed by atoms with van der Waals surface area (Å²) in [5.41, 5.74) is 0.985. The maximum Gasteiger partial charge on any atom is 0.191 e. The zero-order valence-electron chi connectivity index (χ0n) is 13.5. The van der Waals surface area contributed by atoms with E-state index in [0.717, 1.165) is 43.7 Å². The number of aromatic nitrogens is 1. The first kappa shape index (κ1) is 17.2. The average Bonchev–Trinajstić information content (AvgIpc) is 2.50. The minimum absolute atomic E-state index is 0.646. The zero-order chi connectivity index (χ0) is 15.5. The number of hydrogen-bond acceptors (Lipinski definition) is 4. The van der Waals surface area contributed by atoms with Crippen molar-refractivity contribution in [3.63, 3.8) is 0 Å². The Morgan fingerprint density at radius 2 is 2.14 bits per heavy atom. The number of ether oxygens (including phenoxy) is 1. The predicted octanol–water partition coefficient (Wildman–Crippen LogP) is 1.24. The summed E-state index contributed by atoms with van der Waals surface area (Å²) in [7, 11) is 5.73. The quantitative estimate of drug-likeness (QED) is 0.429. The Morgan fingerprint density at radius 3 is 2.81 bits per heavy atom. The highest BCUT2D eigenvalue weighted by atomic mass is 16.5. The molecule has 118 valence electrons. The Kier molecular flexibility index (Phi) is 8.19. The molecule has 1 rings (SSSR count). The Hall–Kier alpha value is -1.82. The molecule has 0 bridgehead atoms. The van der Waals surface area contributed by atoms with Crippen LogP contribution in [0, 0.1) is 0 Å². The van der Waals surface area contributed by atoms with Gasteiger partial charge in [-0.25, -0.2) is 4.98 Å². The van der Waals surface area contributed by atoms with E-state index >= 15 is 0 Å². The number of hydrogen-bond donors (Lipinski definition) is 2. The van der Waals surface area contributed by atoms with Gasteiger partial charge in [0.2, 0.25) is 0 Å². The predicted molar refractivity (Wildman–Crippen MR) is 87.9 cm³/mol. The largest absolute Gasteiger partial charge is 0.382 e. The molecule has 6 heteroatoms. The molecule has 0 spiro atoms. The number of guanidine groups is 1. The van der Waals surface area contributed by atoms with Gasteiger partial charge in [0.05, 0.1) is 12.2 Å². The first-order valence-corrected chi connectivity index (χ1v) is 7.33. The lowest BCUT2D eigenvalue weighted by Gasteiger charge is -2.14. The average molecular weight is 293 g/mol. The summed E-state index contributed by atoms with van der Waals surface area (Å²) in [6, 6.07) is 6.00. The fourth-order valence-electron chi connectivity index (χ4n) is 1.73. The molecule has 1 aromatic rings. The van der Waals surface area contributed by atoms with E-state index in [0.29, 0.717) is 6.54 Å². The number of anilines is 1. The van der Waals surface area contributed by atoms with Gasteiger partial charge in [-0.05, 0) is 25.5 Å². The highest BCUT2D eigenvalue weighted by Crippen LogP contribution is 2.07. The highest BCUT2D eigenvalue weighted by Gasteiger charge is 2.01. The van der Waals surface area contributed by atoms with Crippen LogP contribution in [0.25, 0.3) is 0 Å². The summed E-state index contributed by atoms with van der Waals surface area (Å²) < 4.78 is 5.30. The van der Waals surface area contributed by atoms with Crippen LogP contribution in [0.5, 0.6) is 0 Å². The lowest BCUT2D eigenvalue weighted by atomic mass is 10.3. The van der Waals surface area contributed by atoms with E-state index in [1.54, 1.807) is 7.05 Å². The monoisotopic (exact) mass is 293 g/mol. The van der Waals surface area contributed by atoms with E-state index in [-0.39, 0.29) is 0 Å². The van der Waals surface area contributed by atoms with Crippen LogP contribution in [0.1, 0.15) is 19.0 Å².